The summed E-state index contributed by atoms with van der Waals surface area (Å²) in [4.78, 5) is 25.8. The van der Waals surface area contributed by atoms with Crippen LogP contribution in [0.5, 0.6) is 11.5 Å². The SMILES string of the molecule is CC(C)[C@@H](C(=O)Nc1ccc2c(c1)OCO2)n1nnc2ccccc2c1=O. The van der Waals surface area contributed by atoms with E-state index in [0.29, 0.717) is 28.1 Å². The Morgan fingerprint density at radius 3 is 2.74 bits per heavy atom. The molecule has 1 aliphatic heterocycles. The minimum absolute atomic E-state index is 0.156. The summed E-state index contributed by atoms with van der Waals surface area (Å²) < 4.78 is 11.7. The van der Waals surface area contributed by atoms with Crippen LogP contribution < -0.4 is 20.3 Å². The number of ether oxygens (including phenoxy) is 2. The zero-order chi connectivity index (χ0) is 19.0. The van der Waals surface area contributed by atoms with Crippen LogP contribution in [0, 0.1) is 5.92 Å². The normalized spacial score (nSPS) is 13.7. The summed E-state index contributed by atoms with van der Waals surface area (Å²) in [6.07, 6.45) is 0. The molecule has 2 aromatic carbocycles. The van der Waals surface area contributed by atoms with E-state index in [9.17, 15) is 9.59 Å². The molecule has 0 saturated heterocycles. The Hall–Kier alpha value is -3.42. The van der Waals surface area contributed by atoms with Crippen molar-refractivity contribution in [3.63, 3.8) is 0 Å². The van der Waals surface area contributed by atoms with Gasteiger partial charge in [-0.05, 0) is 30.2 Å². The lowest BCUT2D eigenvalue weighted by molar-refractivity contribution is -0.120. The Bertz CT molecular complexity index is 1080. The number of anilines is 1. The first-order valence-corrected chi connectivity index (χ1v) is 8.59. The third-order valence-electron chi connectivity index (χ3n) is 4.40. The van der Waals surface area contributed by atoms with Gasteiger partial charge in [-0.15, -0.1) is 5.10 Å². The van der Waals surface area contributed by atoms with Crippen molar-refractivity contribution < 1.29 is 14.3 Å². The number of carbonyl (C=O) groups excluding carboxylic acids is 1. The second kappa shape index (κ2) is 6.71. The third kappa shape index (κ3) is 3.10. The maximum absolute atomic E-state index is 12.9. The van der Waals surface area contributed by atoms with Crippen LogP contribution in [0.2, 0.25) is 0 Å². The minimum atomic E-state index is -0.806. The number of nitrogens with zero attached hydrogens (tertiary/aromatic N) is 3. The fourth-order valence-corrected chi connectivity index (χ4v) is 3.07. The van der Waals surface area contributed by atoms with Gasteiger partial charge in [0.2, 0.25) is 12.7 Å². The molecule has 8 heteroatoms. The van der Waals surface area contributed by atoms with Crippen LogP contribution >= 0.6 is 0 Å². The van der Waals surface area contributed by atoms with Crippen LogP contribution in [-0.2, 0) is 4.79 Å². The average molecular weight is 366 g/mol. The maximum atomic E-state index is 12.9. The lowest BCUT2D eigenvalue weighted by Gasteiger charge is -2.21. The zero-order valence-electron chi connectivity index (χ0n) is 14.9. The average Bonchev–Trinajstić information content (AvgIpc) is 3.11. The second-order valence-corrected chi connectivity index (χ2v) is 6.60. The van der Waals surface area contributed by atoms with Gasteiger partial charge in [0.25, 0.3) is 5.56 Å². The van der Waals surface area contributed by atoms with E-state index in [-0.39, 0.29) is 24.2 Å². The molecular formula is C19H18N4O4. The Balaban J connectivity index is 1.67. The number of hydrogen-bond acceptors (Lipinski definition) is 6. The number of fused-ring (bicyclic) bond motifs is 2. The summed E-state index contributed by atoms with van der Waals surface area (Å²) in [6, 6.07) is 11.3. The van der Waals surface area contributed by atoms with E-state index in [2.05, 4.69) is 15.6 Å². The second-order valence-electron chi connectivity index (χ2n) is 6.60. The minimum Gasteiger partial charge on any atom is -0.454 e. The number of aromatic nitrogens is 3. The Kier molecular flexibility index (Phi) is 4.23. The van der Waals surface area contributed by atoms with Gasteiger partial charge in [0.1, 0.15) is 11.6 Å². The summed E-state index contributed by atoms with van der Waals surface area (Å²) in [6.45, 7) is 3.86. The number of carbonyl (C=O) groups is 1. The molecule has 3 aromatic rings. The first kappa shape index (κ1) is 17.0. The molecule has 0 unspecified atom stereocenters. The number of rotatable bonds is 4. The molecule has 0 radical (unpaired) electrons. The van der Waals surface area contributed by atoms with Crippen LogP contribution in [0.15, 0.2) is 47.3 Å². The highest BCUT2D eigenvalue weighted by Crippen LogP contribution is 2.34. The highest BCUT2D eigenvalue weighted by Gasteiger charge is 2.28. The summed E-state index contributed by atoms with van der Waals surface area (Å²) in [7, 11) is 0. The van der Waals surface area contributed by atoms with E-state index < -0.39 is 6.04 Å². The zero-order valence-corrected chi connectivity index (χ0v) is 14.9. The van der Waals surface area contributed by atoms with E-state index in [0.717, 1.165) is 4.68 Å². The predicted molar refractivity (Wildman–Crippen MR) is 98.9 cm³/mol. The van der Waals surface area contributed by atoms with Gasteiger partial charge in [0, 0.05) is 11.8 Å². The van der Waals surface area contributed by atoms with E-state index in [1.54, 1.807) is 42.5 Å². The van der Waals surface area contributed by atoms with Crippen LogP contribution in [-0.4, -0.2) is 27.7 Å². The molecule has 1 aromatic heterocycles. The van der Waals surface area contributed by atoms with Gasteiger partial charge in [-0.3, -0.25) is 9.59 Å². The van der Waals surface area contributed by atoms with Gasteiger partial charge < -0.3 is 14.8 Å². The first-order chi connectivity index (χ1) is 13.0. The van der Waals surface area contributed by atoms with E-state index in [1.165, 1.54) is 0 Å². The molecule has 1 amide bonds. The first-order valence-electron chi connectivity index (χ1n) is 8.59. The molecule has 1 aliphatic rings. The molecule has 1 N–H and O–H groups in total. The standard InChI is InChI=1S/C19H18N4O4/c1-11(2)17(23-19(25)13-5-3-4-6-14(13)21-22-23)18(24)20-12-7-8-15-16(9-12)27-10-26-15/h3-9,11,17H,10H2,1-2H3,(H,20,24)/t17-/m0/s1. The fourth-order valence-electron chi connectivity index (χ4n) is 3.07. The molecule has 8 nitrogen and oxygen atoms in total. The van der Waals surface area contributed by atoms with Gasteiger partial charge in [0.15, 0.2) is 11.5 Å². The van der Waals surface area contributed by atoms with Gasteiger partial charge >= 0.3 is 0 Å². The summed E-state index contributed by atoms with van der Waals surface area (Å²) in [5.74, 6) is 0.671. The van der Waals surface area contributed by atoms with Crippen LogP contribution in [0.25, 0.3) is 10.9 Å². The van der Waals surface area contributed by atoms with Crippen molar-refractivity contribution in [1.82, 2.24) is 15.0 Å². The maximum Gasteiger partial charge on any atom is 0.278 e. The van der Waals surface area contributed by atoms with Crippen molar-refractivity contribution in [2.75, 3.05) is 12.1 Å². The number of nitrogens with one attached hydrogen (secondary N) is 1. The van der Waals surface area contributed by atoms with Crippen molar-refractivity contribution >= 4 is 22.5 Å². The molecular weight excluding hydrogens is 348 g/mol. The largest absolute Gasteiger partial charge is 0.454 e. The monoisotopic (exact) mass is 366 g/mol. The molecule has 1 atom stereocenters. The predicted octanol–water partition coefficient (Wildman–Crippen LogP) is 2.36. The molecule has 0 aliphatic carbocycles. The van der Waals surface area contributed by atoms with E-state index in [4.69, 9.17) is 9.47 Å². The fraction of sp³-hybridized carbons (Fsp3) is 0.263. The van der Waals surface area contributed by atoms with Gasteiger partial charge in [-0.2, -0.15) is 4.68 Å². The number of benzene rings is 2. The summed E-state index contributed by atoms with van der Waals surface area (Å²) in [5.41, 5.74) is 0.703. The highest BCUT2D eigenvalue weighted by molar-refractivity contribution is 5.94. The quantitative estimate of drug-likeness (QED) is 0.762. The topological polar surface area (TPSA) is 95.3 Å². The molecule has 0 saturated carbocycles. The lowest BCUT2D eigenvalue weighted by Crippen LogP contribution is -2.38. The van der Waals surface area contributed by atoms with Crippen LogP contribution in [0.1, 0.15) is 19.9 Å². The van der Waals surface area contributed by atoms with Crippen LogP contribution in [0.4, 0.5) is 5.69 Å². The number of hydrogen-bond donors (Lipinski definition) is 1. The van der Waals surface area contributed by atoms with E-state index in [1.807, 2.05) is 13.8 Å². The molecule has 138 valence electrons. The Labute approximate surface area is 154 Å². The molecule has 2 heterocycles. The molecule has 0 fully saturated rings. The van der Waals surface area contributed by atoms with Crippen molar-refractivity contribution in [3.8, 4) is 11.5 Å². The van der Waals surface area contributed by atoms with Crippen molar-refractivity contribution in [3.05, 3.63) is 52.8 Å². The van der Waals surface area contributed by atoms with Crippen molar-refractivity contribution in [2.24, 2.45) is 5.92 Å². The summed E-state index contributed by atoms with van der Waals surface area (Å²) in [5, 5.41) is 11.3. The Morgan fingerprint density at radius 1 is 1.15 bits per heavy atom. The van der Waals surface area contributed by atoms with Crippen LogP contribution in [0.3, 0.4) is 0 Å². The third-order valence-corrected chi connectivity index (χ3v) is 4.40. The molecule has 0 bridgehead atoms. The molecule has 27 heavy (non-hydrogen) atoms. The summed E-state index contributed by atoms with van der Waals surface area (Å²) >= 11 is 0. The van der Waals surface area contributed by atoms with Crippen molar-refractivity contribution in [2.45, 2.75) is 19.9 Å². The molecule has 0 spiro atoms. The van der Waals surface area contributed by atoms with Gasteiger partial charge in [-0.1, -0.05) is 31.2 Å². The lowest BCUT2D eigenvalue weighted by atomic mass is 10.0. The molecule has 4 rings (SSSR count). The number of amides is 1. The highest BCUT2D eigenvalue weighted by atomic mass is 16.7. The van der Waals surface area contributed by atoms with E-state index >= 15 is 0 Å². The van der Waals surface area contributed by atoms with Gasteiger partial charge in [-0.25, -0.2) is 0 Å². The van der Waals surface area contributed by atoms with Gasteiger partial charge in [0.05, 0.1) is 5.39 Å². The smallest absolute Gasteiger partial charge is 0.278 e. The van der Waals surface area contributed by atoms with Crippen molar-refractivity contribution in [1.29, 1.82) is 0 Å². The Morgan fingerprint density at radius 2 is 1.93 bits per heavy atom.